The first kappa shape index (κ1) is 11.2. The van der Waals surface area contributed by atoms with Gasteiger partial charge in [-0.2, -0.15) is 4.57 Å². The minimum atomic E-state index is -0.584. The molecule has 82 valence electrons. The first-order valence-electron chi connectivity index (χ1n) is 4.38. The SMILES string of the molecule is CCOC(=O)Cn1c([N+](=O)[O-])cnc1C. The fourth-order valence-corrected chi connectivity index (χ4v) is 1.13. The van der Waals surface area contributed by atoms with E-state index >= 15 is 0 Å². The molecule has 0 fully saturated rings. The molecule has 0 atom stereocenters. The standard InChI is InChI=1S/C8H11N3O4/c1-3-15-8(12)5-10-6(2)9-4-7(10)11(13)14/h4H,3,5H2,1-2H3. The smallest absolute Gasteiger partial charge is 0.348 e. The Morgan fingerprint density at radius 3 is 2.93 bits per heavy atom. The van der Waals surface area contributed by atoms with Gasteiger partial charge in [-0.15, -0.1) is 0 Å². The zero-order valence-electron chi connectivity index (χ0n) is 8.47. The van der Waals surface area contributed by atoms with Gasteiger partial charge in [0.2, 0.25) is 0 Å². The molecule has 0 aromatic carbocycles. The van der Waals surface area contributed by atoms with Crippen LogP contribution in [0.25, 0.3) is 0 Å². The summed E-state index contributed by atoms with van der Waals surface area (Å²) < 4.78 is 5.90. The number of aryl methyl sites for hydroxylation is 1. The van der Waals surface area contributed by atoms with Crippen LogP contribution in [0.1, 0.15) is 12.7 Å². The van der Waals surface area contributed by atoms with Gasteiger partial charge >= 0.3 is 11.8 Å². The van der Waals surface area contributed by atoms with Gasteiger partial charge in [-0.25, -0.2) is 9.78 Å². The molecule has 1 heterocycles. The third-order valence-corrected chi connectivity index (χ3v) is 1.81. The van der Waals surface area contributed by atoms with Crippen LogP contribution in [0.3, 0.4) is 0 Å². The van der Waals surface area contributed by atoms with E-state index in [4.69, 9.17) is 4.74 Å². The molecule has 0 aliphatic carbocycles. The fourth-order valence-electron chi connectivity index (χ4n) is 1.13. The van der Waals surface area contributed by atoms with Gasteiger partial charge in [0, 0.05) is 6.92 Å². The van der Waals surface area contributed by atoms with Crippen molar-refractivity contribution in [2.24, 2.45) is 0 Å². The number of carbonyl (C=O) groups excluding carboxylic acids is 1. The highest BCUT2D eigenvalue weighted by atomic mass is 16.6. The van der Waals surface area contributed by atoms with Crippen molar-refractivity contribution >= 4 is 11.8 Å². The first-order valence-corrected chi connectivity index (χ1v) is 4.38. The number of aromatic nitrogens is 2. The quantitative estimate of drug-likeness (QED) is 0.416. The molecule has 1 aromatic heterocycles. The summed E-state index contributed by atoms with van der Waals surface area (Å²) in [5, 5.41) is 10.6. The number of esters is 1. The lowest BCUT2D eigenvalue weighted by Crippen LogP contribution is -2.15. The number of hydrogen-bond donors (Lipinski definition) is 0. The molecule has 1 rings (SSSR count). The Hall–Kier alpha value is -1.92. The van der Waals surface area contributed by atoms with Crippen molar-refractivity contribution in [3.63, 3.8) is 0 Å². The molecule has 0 aliphatic heterocycles. The molecule has 0 saturated heterocycles. The molecule has 0 unspecified atom stereocenters. The van der Waals surface area contributed by atoms with Crippen molar-refractivity contribution in [3.8, 4) is 0 Å². The van der Waals surface area contributed by atoms with Crippen LogP contribution in [0.4, 0.5) is 5.82 Å². The number of ether oxygens (including phenoxy) is 1. The number of nitrogens with zero attached hydrogens (tertiary/aromatic N) is 3. The predicted molar refractivity (Wildman–Crippen MR) is 50.3 cm³/mol. The van der Waals surface area contributed by atoms with Gasteiger partial charge in [0.05, 0.1) is 6.61 Å². The van der Waals surface area contributed by atoms with E-state index in [9.17, 15) is 14.9 Å². The van der Waals surface area contributed by atoms with Gasteiger partial charge in [0.1, 0.15) is 6.20 Å². The predicted octanol–water partition coefficient (Wildman–Crippen LogP) is 0.663. The summed E-state index contributed by atoms with van der Waals surface area (Å²) >= 11 is 0. The average molecular weight is 213 g/mol. The maximum atomic E-state index is 11.1. The fraction of sp³-hybridized carbons (Fsp3) is 0.500. The van der Waals surface area contributed by atoms with Crippen molar-refractivity contribution in [2.45, 2.75) is 20.4 Å². The lowest BCUT2D eigenvalue weighted by molar-refractivity contribution is -0.392. The summed E-state index contributed by atoms with van der Waals surface area (Å²) in [6.07, 6.45) is 1.12. The maximum absolute atomic E-state index is 11.1. The highest BCUT2D eigenvalue weighted by Gasteiger charge is 2.20. The lowest BCUT2D eigenvalue weighted by atomic mass is 10.5. The summed E-state index contributed by atoms with van der Waals surface area (Å²) in [4.78, 5) is 24.9. The molecular formula is C8H11N3O4. The molecule has 0 bridgehead atoms. The van der Waals surface area contributed by atoms with Gasteiger partial charge in [0.25, 0.3) is 0 Å². The van der Waals surface area contributed by atoms with E-state index in [-0.39, 0.29) is 19.0 Å². The van der Waals surface area contributed by atoms with Crippen LogP contribution in [0, 0.1) is 17.0 Å². The molecule has 0 aliphatic rings. The molecule has 15 heavy (non-hydrogen) atoms. The number of rotatable bonds is 4. The van der Waals surface area contributed by atoms with E-state index in [1.807, 2.05) is 0 Å². The molecule has 0 amide bonds. The number of nitro groups is 1. The summed E-state index contributed by atoms with van der Waals surface area (Å²) in [6, 6.07) is 0. The zero-order chi connectivity index (χ0) is 11.4. The average Bonchev–Trinajstić information content (AvgIpc) is 2.48. The molecule has 7 nitrogen and oxygen atoms in total. The first-order chi connectivity index (χ1) is 7.06. The van der Waals surface area contributed by atoms with Gasteiger partial charge in [-0.1, -0.05) is 0 Å². The minimum Gasteiger partial charge on any atom is -0.463 e. The number of hydrogen-bond acceptors (Lipinski definition) is 5. The van der Waals surface area contributed by atoms with Crippen LogP contribution in [0.2, 0.25) is 0 Å². The highest BCUT2D eigenvalue weighted by molar-refractivity contribution is 5.69. The summed E-state index contributed by atoms with van der Waals surface area (Å²) in [7, 11) is 0. The number of imidazole rings is 1. The van der Waals surface area contributed by atoms with Crippen molar-refractivity contribution < 1.29 is 14.5 Å². The Bertz CT molecular complexity index is 385. The Kier molecular flexibility index (Phi) is 3.37. The molecule has 1 aromatic rings. The monoisotopic (exact) mass is 213 g/mol. The van der Waals surface area contributed by atoms with Crippen LogP contribution in [-0.4, -0.2) is 27.1 Å². The van der Waals surface area contributed by atoms with E-state index < -0.39 is 10.9 Å². The summed E-state index contributed by atoms with van der Waals surface area (Å²) in [5.41, 5.74) is 0. The van der Waals surface area contributed by atoms with E-state index in [0.717, 1.165) is 6.20 Å². The Morgan fingerprint density at radius 1 is 1.73 bits per heavy atom. The number of carbonyl (C=O) groups is 1. The van der Waals surface area contributed by atoms with E-state index in [1.165, 1.54) is 4.57 Å². The summed E-state index contributed by atoms with van der Waals surface area (Å²) in [5.74, 6) is -0.308. The zero-order valence-corrected chi connectivity index (χ0v) is 8.47. The van der Waals surface area contributed by atoms with E-state index in [2.05, 4.69) is 4.98 Å². The van der Waals surface area contributed by atoms with Crippen LogP contribution >= 0.6 is 0 Å². The molecule has 7 heteroatoms. The van der Waals surface area contributed by atoms with Crippen molar-refractivity contribution in [1.82, 2.24) is 9.55 Å². The van der Waals surface area contributed by atoms with Crippen molar-refractivity contribution in [3.05, 3.63) is 22.1 Å². The van der Waals surface area contributed by atoms with Crippen LogP contribution in [0.5, 0.6) is 0 Å². The normalized spacial score (nSPS) is 10.0. The minimum absolute atomic E-state index is 0.185. The van der Waals surface area contributed by atoms with Crippen LogP contribution in [0.15, 0.2) is 6.20 Å². The van der Waals surface area contributed by atoms with Crippen LogP contribution in [-0.2, 0) is 16.1 Å². The summed E-state index contributed by atoms with van der Waals surface area (Å²) in [6.45, 7) is 3.33. The van der Waals surface area contributed by atoms with Gasteiger partial charge in [0.15, 0.2) is 12.4 Å². The van der Waals surface area contributed by atoms with Gasteiger partial charge < -0.3 is 14.9 Å². The lowest BCUT2D eigenvalue weighted by Gasteiger charge is -2.02. The second-order valence-electron chi connectivity index (χ2n) is 2.81. The molecule has 0 N–H and O–H groups in total. The van der Waals surface area contributed by atoms with Crippen molar-refractivity contribution in [1.29, 1.82) is 0 Å². The van der Waals surface area contributed by atoms with Gasteiger partial charge in [-0.3, -0.25) is 0 Å². The third-order valence-electron chi connectivity index (χ3n) is 1.81. The molecular weight excluding hydrogens is 202 g/mol. The topological polar surface area (TPSA) is 87.3 Å². The Balaban J connectivity index is 2.88. The Labute approximate surface area is 85.8 Å². The second kappa shape index (κ2) is 4.54. The van der Waals surface area contributed by atoms with E-state index in [0.29, 0.717) is 5.82 Å². The van der Waals surface area contributed by atoms with Crippen molar-refractivity contribution in [2.75, 3.05) is 6.61 Å². The largest absolute Gasteiger partial charge is 0.463 e. The highest BCUT2D eigenvalue weighted by Crippen LogP contribution is 2.13. The van der Waals surface area contributed by atoms with Crippen LogP contribution < -0.4 is 0 Å². The third kappa shape index (κ3) is 2.52. The molecule has 0 saturated carbocycles. The van der Waals surface area contributed by atoms with Gasteiger partial charge in [-0.05, 0) is 11.8 Å². The molecule has 0 spiro atoms. The van der Waals surface area contributed by atoms with E-state index in [1.54, 1.807) is 13.8 Å². The second-order valence-corrected chi connectivity index (χ2v) is 2.81. The Morgan fingerprint density at radius 2 is 2.40 bits per heavy atom. The molecule has 0 radical (unpaired) electrons. The maximum Gasteiger partial charge on any atom is 0.348 e.